The third kappa shape index (κ3) is 2.03. The summed E-state index contributed by atoms with van der Waals surface area (Å²) in [5, 5.41) is 2.54. The van der Waals surface area contributed by atoms with Crippen LogP contribution in [0.5, 0.6) is 5.75 Å². The van der Waals surface area contributed by atoms with Gasteiger partial charge in [0, 0.05) is 18.9 Å². The van der Waals surface area contributed by atoms with Gasteiger partial charge in [0.05, 0.1) is 7.11 Å². The molecular weight excluding hydrogens is 234 g/mol. The van der Waals surface area contributed by atoms with Gasteiger partial charge in [0.25, 0.3) is 5.72 Å². The number of esters is 1. The van der Waals surface area contributed by atoms with Crippen molar-refractivity contribution in [3.05, 3.63) is 29.3 Å². The third-order valence-electron chi connectivity index (χ3n) is 2.83. The molecule has 0 saturated heterocycles. The maximum atomic E-state index is 11.9. The van der Waals surface area contributed by atoms with Gasteiger partial charge in [-0.2, -0.15) is 0 Å². The number of fused-ring (bicyclic) bond motifs is 1. The fraction of sp³-hybridized carbons (Fsp3) is 0.385. The number of ether oxygens (including phenoxy) is 2. The summed E-state index contributed by atoms with van der Waals surface area (Å²) < 4.78 is 10.3. The van der Waals surface area contributed by atoms with Gasteiger partial charge in [0.2, 0.25) is 5.91 Å². The second-order valence-corrected chi connectivity index (χ2v) is 4.39. The molecule has 0 fully saturated rings. The van der Waals surface area contributed by atoms with Crippen molar-refractivity contribution in [1.82, 2.24) is 5.32 Å². The van der Waals surface area contributed by atoms with Crippen molar-refractivity contribution in [2.75, 3.05) is 7.11 Å². The minimum Gasteiger partial charge on any atom is -0.465 e. The molecule has 2 rings (SSSR count). The molecule has 0 spiro atoms. The van der Waals surface area contributed by atoms with Crippen molar-refractivity contribution in [3.63, 3.8) is 0 Å². The normalized spacial score (nSPS) is 20.8. The van der Waals surface area contributed by atoms with E-state index in [1.54, 1.807) is 6.07 Å². The smallest absolute Gasteiger partial charge is 0.372 e. The Hall–Kier alpha value is -2.04. The molecule has 1 aromatic carbocycles. The van der Waals surface area contributed by atoms with Crippen LogP contribution in [-0.4, -0.2) is 24.7 Å². The van der Waals surface area contributed by atoms with Gasteiger partial charge in [0.15, 0.2) is 0 Å². The molecule has 1 N–H and O–H groups in total. The Labute approximate surface area is 105 Å². The summed E-state index contributed by atoms with van der Waals surface area (Å²) in [5.74, 6) is -0.351. The molecule has 18 heavy (non-hydrogen) atoms. The average molecular weight is 249 g/mol. The lowest BCUT2D eigenvalue weighted by Crippen LogP contribution is -2.58. The quantitative estimate of drug-likeness (QED) is 0.792. The standard InChI is InChI=1S/C13H15NO4/c1-8-4-5-11-10(6-8)7-13(18-11,12(16)17-3)14-9(2)15/h4-6H,7H2,1-3H3,(H,14,15). The number of rotatable bonds is 2. The Morgan fingerprint density at radius 2 is 2.17 bits per heavy atom. The molecule has 1 atom stereocenters. The highest BCUT2D eigenvalue weighted by molar-refractivity contribution is 5.87. The van der Waals surface area contributed by atoms with Crippen molar-refractivity contribution in [3.8, 4) is 5.75 Å². The van der Waals surface area contributed by atoms with Gasteiger partial charge in [-0.05, 0) is 13.0 Å². The van der Waals surface area contributed by atoms with E-state index in [1.807, 2.05) is 19.1 Å². The van der Waals surface area contributed by atoms with Crippen LogP contribution in [0.2, 0.25) is 0 Å². The topological polar surface area (TPSA) is 64.6 Å². The van der Waals surface area contributed by atoms with Crippen molar-refractivity contribution >= 4 is 11.9 Å². The van der Waals surface area contributed by atoms with Gasteiger partial charge in [-0.25, -0.2) is 4.79 Å². The first-order valence-corrected chi connectivity index (χ1v) is 5.62. The summed E-state index contributed by atoms with van der Waals surface area (Å²) in [6, 6.07) is 5.61. The minimum absolute atomic E-state index is 0.274. The zero-order valence-corrected chi connectivity index (χ0v) is 10.6. The monoisotopic (exact) mass is 249 g/mol. The summed E-state index contributed by atoms with van der Waals surface area (Å²) in [6.07, 6.45) is 0.274. The van der Waals surface area contributed by atoms with E-state index in [9.17, 15) is 9.59 Å². The number of carbonyl (C=O) groups excluding carboxylic acids is 2. The Morgan fingerprint density at radius 3 is 2.78 bits per heavy atom. The highest BCUT2D eigenvalue weighted by Gasteiger charge is 2.48. The molecule has 0 radical (unpaired) electrons. The van der Waals surface area contributed by atoms with E-state index in [-0.39, 0.29) is 12.3 Å². The molecule has 0 aromatic heterocycles. The van der Waals surface area contributed by atoms with Gasteiger partial charge < -0.3 is 14.8 Å². The van der Waals surface area contributed by atoms with E-state index in [0.29, 0.717) is 5.75 Å². The molecule has 5 nitrogen and oxygen atoms in total. The second kappa shape index (κ2) is 4.33. The van der Waals surface area contributed by atoms with Gasteiger partial charge in [0.1, 0.15) is 5.75 Å². The average Bonchev–Trinajstić information content (AvgIpc) is 2.65. The fourth-order valence-electron chi connectivity index (χ4n) is 2.12. The maximum Gasteiger partial charge on any atom is 0.372 e. The van der Waals surface area contributed by atoms with Crippen molar-refractivity contribution in [1.29, 1.82) is 0 Å². The van der Waals surface area contributed by atoms with Crippen LogP contribution >= 0.6 is 0 Å². The van der Waals surface area contributed by atoms with E-state index in [0.717, 1.165) is 11.1 Å². The molecule has 5 heteroatoms. The summed E-state index contributed by atoms with van der Waals surface area (Å²) in [7, 11) is 1.27. The van der Waals surface area contributed by atoms with Crippen LogP contribution in [0.25, 0.3) is 0 Å². The maximum absolute atomic E-state index is 11.9. The van der Waals surface area contributed by atoms with Crippen LogP contribution in [0.15, 0.2) is 18.2 Å². The van der Waals surface area contributed by atoms with Crippen LogP contribution in [0.3, 0.4) is 0 Å². The molecule has 1 aromatic rings. The number of nitrogens with one attached hydrogen (secondary N) is 1. The number of hydrogen-bond acceptors (Lipinski definition) is 4. The molecule has 1 aliphatic heterocycles. The largest absolute Gasteiger partial charge is 0.465 e. The van der Waals surface area contributed by atoms with Crippen LogP contribution in [0.1, 0.15) is 18.1 Å². The molecule has 0 bridgehead atoms. The summed E-state index contributed by atoms with van der Waals surface area (Å²) in [4.78, 5) is 23.1. The van der Waals surface area contributed by atoms with E-state index in [1.165, 1.54) is 14.0 Å². The fourth-order valence-corrected chi connectivity index (χ4v) is 2.12. The molecular formula is C13H15NO4. The Balaban J connectivity index is 2.37. The summed E-state index contributed by atoms with van der Waals surface area (Å²) >= 11 is 0. The van der Waals surface area contributed by atoms with Gasteiger partial charge >= 0.3 is 5.97 Å². The minimum atomic E-state index is -1.43. The first-order chi connectivity index (χ1) is 8.47. The van der Waals surface area contributed by atoms with Crippen molar-refractivity contribution < 1.29 is 19.1 Å². The molecule has 1 aliphatic rings. The second-order valence-electron chi connectivity index (χ2n) is 4.39. The molecule has 0 saturated carbocycles. The van der Waals surface area contributed by atoms with Gasteiger partial charge in [-0.3, -0.25) is 4.79 Å². The number of benzene rings is 1. The van der Waals surface area contributed by atoms with Crippen molar-refractivity contribution in [2.45, 2.75) is 26.0 Å². The Morgan fingerprint density at radius 1 is 1.44 bits per heavy atom. The number of methoxy groups -OCH3 is 1. The van der Waals surface area contributed by atoms with Gasteiger partial charge in [-0.1, -0.05) is 17.7 Å². The van der Waals surface area contributed by atoms with E-state index < -0.39 is 11.7 Å². The van der Waals surface area contributed by atoms with Crippen LogP contribution in [0, 0.1) is 6.92 Å². The number of hydrogen-bond donors (Lipinski definition) is 1. The lowest BCUT2D eigenvalue weighted by Gasteiger charge is -2.26. The molecule has 1 heterocycles. The lowest BCUT2D eigenvalue weighted by atomic mass is 10.0. The zero-order valence-electron chi connectivity index (χ0n) is 10.6. The van der Waals surface area contributed by atoms with Crippen LogP contribution in [-0.2, 0) is 20.7 Å². The number of amides is 1. The van der Waals surface area contributed by atoms with E-state index in [4.69, 9.17) is 9.47 Å². The Bertz CT molecular complexity index is 512. The molecule has 1 unspecified atom stereocenters. The first kappa shape index (κ1) is 12.4. The predicted octanol–water partition coefficient (Wildman–Crippen LogP) is 0.935. The first-order valence-electron chi connectivity index (χ1n) is 5.62. The molecule has 0 aliphatic carbocycles. The van der Waals surface area contributed by atoms with E-state index >= 15 is 0 Å². The van der Waals surface area contributed by atoms with Crippen LogP contribution < -0.4 is 10.1 Å². The number of carbonyl (C=O) groups is 2. The summed E-state index contributed by atoms with van der Waals surface area (Å²) in [6.45, 7) is 3.29. The van der Waals surface area contributed by atoms with E-state index in [2.05, 4.69) is 5.32 Å². The van der Waals surface area contributed by atoms with Crippen molar-refractivity contribution in [2.24, 2.45) is 0 Å². The lowest BCUT2D eigenvalue weighted by molar-refractivity contribution is -0.163. The Kier molecular flexibility index (Phi) is 2.98. The van der Waals surface area contributed by atoms with Crippen LogP contribution in [0.4, 0.5) is 0 Å². The predicted molar refractivity (Wildman–Crippen MR) is 64.1 cm³/mol. The molecule has 1 amide bonds. The zero-order chi connectivity index (χ0) is 13.3. The van der Waals surface area contributed by atoms with Gasteiger partial charge in [-0.15, -0.1) is 0 Å². The number of aryl methyl sites for hydroxylation is 1. The SMILES string of the molecule is COC(=O)C1(NC(C)=O)Cc2cc(C)ccc2O1. The molecule has 96 valence electrons. The summed E-state index contributed by atoms with van der Waals surface area (Å²) in [5.41, 5.74) is 0.520. The highest BCUT2D eigenvalue weighted by Crippen LogP contribution is 2.35. The highest BCUT2D eigenvalue weighted by atomic mass is 16.6. The third-order valence-corrected chi connectivity index (χ3v) is 2.83.